The molecule has 1 aliphatic carbocycles. The van der Waals surface area contributed by atoms with Crippen LogP contribution in [0, 0.1) is 0 Å². The van der Waals surface area contributed by atoms with Gasteiger partial charge in [0.05, 0.1) is 0 Å². The molecule has 0 bridgehead atoms. The highest BCUT2D eigenvalue weighted by atomic mass is 35.5. The van der Waals surface area contributed by atoms with E-state index >= 15 is 0 Å². The summed E-state index contributed by atoms with van der Waals surface area (Å²) in [5, 5.41) is 9.17. The molecule has 3 rings (SSSR count). The molecule has 0 unspecified atom stereocenters. The highest BCUT2D eigenvalue weighted by Gasteiger charge is 2.54. The zero-order valence-corrected chi connectivity index (χ0v) is 21.9. The van der Waals surface area contributed by atoms with Crippen LogP contribution in [0.2, 0.25) is 0 Å². The molecule has 12 heteroatoms. The number of halogens is 1. The Morgan fingerprint density at radius 2 is 1.68 bits per heavy atom. The van der Waals surface area contributed by atoms with E-state index in [-0.39, 0.29) is 44.4 Å². The molecule has 0 aromatic rings. The summed E-state index contributed by atoms with van der Waals surface area (Å²) in [7, 11) is -2.00. The van der Waals surface area contributed by atoms with Crippen LogP contribution in [0.3, 0.4) is 0 Å². The number of hydrogen-bond acceptors (Lipinski definition) is 7. The SMILES string of the molecule is CN(C(=O)CCCCN1CCN(S(=O)(=O)C2(C(=O)NO)CCOCC2)CC1)C1CCCCC1.Cl. The van der Waals surface area contributed by atoms with Crippen molar-refractivity contribution in [2.24, 2.45) is 0 Å². The summed E-state index contributed by atoms with van der Waals surface area (Å²) in [5.41, 5.74) is 1.56. The fourth-order valence-corrected chi connectivity index (χ4v) is 7.41. The minimum atomic E-state index is -3.93. The number of nitrogens with zero attached hydrogens (tertiary/aromatic N) is 3. The van der Waals surface area contributed by atoms with Crippen LogP contribution in [0.15, 0.2) is 0 Å². The monoisotopic (exact) mass is 524 g/mol. The number of unbranched alkanes of at least 4 members (excludes halogenated alkanes) is 1. The molecule has 0 spiro atoms. The fourth-order valence-electron chi connectivity index (χ4n) is 5.31. The first-order chi connectivity index (χ1) is 15.8. The van der Waals surface area contributed by atoms with Gasteiger partial charge in [-0.2, -0.15) is 4.31 Å². The first-order valence-corrected chi connectivity index (χ1v) is 13.8. The Labute approximate surface area is 209 Å². The van der Waals surface area contributed by atoms with Gasteiger partial charge in [0.2, 0.25) is 15.9 Å². The van der Waals surface area contributed by atoms with Crippen molar-refractivity contribution in [1.82, 2.24) is 19.6 Å². The van der Waals surface area contributed by atoms with Gasteiger partial charge >= 0.3 is 0 Å². The Balaban J connectivity index is 0.00000408. The molecule has 2 amide bonds. The number of hydrogen-bond donors (Lipinski definition) is 2. The normalized spacial score (nSPS) is 22.5. The van der Waals surface area contributed by atoms with Crippen molar-refractivity contribution in [3.63, 3.8) is 0 Å². The Morgan fingerprint density at radius 1 is 1.06 bits per heavy atom. The number of ether oxygens (including phenoxy) is 1. The minimum absolute atomic E-state index is 0. The van der Waals surface area contributed by atoms with Gasteiger partial charge < -0.3 is 14.5 Å². The molecule has 2 heterocycles. The zero-order chi connectivity index (χ0) is 23.9. The summed E-state index contributed by atoms with van der Waals surface area (Å²) >= 11 is 0. The predicted molar refractivity (Wildman–Crippen MR) is 130 cm³/mol. The van der Waals surface area contributed by atoms with E-state index in [0.717, 1.165) is 32.2 Å². The molecule has 0 atom stereocenters. The Bertz CT molecular complexity index is 763. The van der Waals surface area contributed by atoms with Gasteiger partial charge in [-0.05, 0) is 32.2 Å². The van der Waals surface area contributed by atoms with E-state index < -0.39 is 20.7 Å². The van der Waals surface area contributed by atoms with Crippen molar-refractivity contribution in [3.8, 4) is 0 Å². The molecule has 3 aliphatic rings. The number of piperazine rings is 1. The van der Waals surface area contributed by atoms with Gasteiger partial charge in [-0.25, -0.2) is 13.9 Å². The second-order valence-corrected chi connectivity index (χ2v) is 11.8. The van der Waals surface area contributed by atoms with E-state index in [0.29, 0.717) is 38.6 Å². The summed E-state index contributed by atoms with van der Waals surface area (Å²) in [4.78, 5) is 29.0. The molecule has 1 saturated carbocycles. The highest BCUT2D eigenvalue weighted by molar-refractivity contribution is 7.91. The molecular weight excluding hydrogens is 484 g/mol. The topological polar surface area (TPSA) is 119 Å². The van der Waals surface area contributed by atoms with Crippen LogP contribution in [0.4, 0.5) is 0 Å². The minimum Gasteiger partial charge on any atom is -0.381 e. The van der Waals surface area contributed by atoms with Gasteiger partial charge in [-0.15, -0.1) is 12.4 Å². The molecule has 2 aliphatic heterocycles. The summed E-state index contributed by atoms with van der Waals surface area (Å²) in [5.74, 6) is -0.655. The number of carbonyl (C=O) groups is 2. The third-order valence-corrected chi connectivity index (χ3v) is 10.2. The maximum atomic E-state index is 13.3. The second-order valence-electron chi connectivity index (χ2n) is 9.55. The van der Waals surface area contributed by atoms with Crippen molar-refractivity contribution in [1.29, 1.82) is 0 Å². The summed E-state index contributed by atoms with van der Waals surface area (Å²) < 4.78 is 31.6. The highest BCUT2D eigenvalue weighted by Crippen LogP contribution is 2.33. The van der Waals surface area contributed by atoms with Crippen molar-refractivity contribution in [2.75, 3.05) is 53.0 Å². The van der Waals surface area contributed by atoms with Crippen LogP contribution >= 0.6 is 12.4 Å². The number of rotatable bonds is 9. The van der Waals surface area contributed by atoms with E-state index in [9.17, 15) is 18.0 Å². The van der Waals surface area contributed by atoms with Gasteiger partial charge in [0.1, 0.15) is 0 Å². The number of nitrogens with one attached hydrogen (secondary N) is 1. The number of amides is 2. The van der Waals surface area contributed by atoms with Gasteiger partial charge in [0, 0.05) is 71.7 Å². The van der Waals surface area contributed by atoms with Gasteiger partial charge in [-0.3, -0.25) is 14.8 Å². The fraction of sp³-hybridized carbons (Fsp3) is 0.909. The van der Waals surface area contributed by atoms with Gasteiger partial charge in [0.15, 0.2) is 4.75 Å². The molecule has 0 aromatic carbocycles. The van der Waals surface area contributed by atoms with E-state index in [1.807, 2.05) is 11.9 Å². The van der Waals surface area contributed by atoms with Gasteiger partial charge in [-0.1, -0.05) is 19.3 Å². The molecule has 2 N–H and O–H groups in total. The lowest BCUT2D eigenvalue weighted by Gasteiger charge is -2.41. The van der Waals surface area contributed by atoms with E-state index in [1.54, 1.807) is 5.48 Å². The third kappa shape index (κ3) is 6.61. The van der Waals surface area contributed by atoms with Gasteiger partial charge in [0.25, 0.3) is 5.91 Å². The first-order valence-electron chi connectivity index (χ1n) is 12.3. The smallest absolute Gasteiger partial charge is 0.266 e. The number of sulfonamides is 1. The lowest BCUT2D eigenvalue weighted by atomic mass is 9.94. The first kappa shape index (κ1) is 29.3. The van der Waals surface area contributed by atoms with Crippen molar-refractivity contribution < 1.29 is 28.0 Å². The summed E-state index contributed by atoms with van der Waals surface area (Å²) in [6, 6.07) is 0.396. The average Bonchev–Trinajstić information content (AvgIpc) is 2.86. The molecule has 0 radical (unpaired) electrons. The van der Waals surface area contributed by atoms with Crippen LogP contribution in [-0.2, 0) is 24.3 Å². The molecule has 34 heavy (non-hydrogen) atoms. The lowest BCUT2D eigenvalue weighted by molar-refractivity contribution is -0.134. The molecule has 2 saturated heterocycles. The Hall–Kier alpha value is -0.980. The lowest BCUT2D eigenvalue weighted by Crippen LogP contribution is -2.62. The van der Waals surface area contributed by atoms with E-state index in [2.05, 4.69) is 4.90 Å². The molecular formula is C22H41ClN4O6S. The number of hydroxylamine groups is 1. The van der Waals surface area contributed by atoms with Crippen LogP contribution in [0.5, 0.6) is 0 Å². The molecule has 198 valence electrons. The van der Waals surface area contributed by atoms with E-state index in [4.69, 9.17) is 9.94 Å². The summed E-state index contributed by atoms with van der Waals surface area (Å²) in [6.45, 7) is 2.96. The largest absolute Gasteiger partial charge is 0.381 e. The number of carbonyl (C=O) groups excluding carboxylic acids is 2. The maximum Gasteiger partial charge on any atom is 0.266 e. The average molecular weight is 525 g/mol. The molecule has 3 fully saturated rings. The zero-order valence-electron chi connectivity index (χ0n) is 20.2. The van der Waals surface area contributed by atoms with Crippen molar-refractivity contribution in [3.05, 3.63) is 0 Å². The van der Waals surface area contributed by atoms with Crippen LogP contribution in [0.1, 0.15) is 64.2 Å². The Kier molecular flexibility index (Phi) is 11.5. The van der Waals surface area contributed by atoms with E-state index in [1.165, 1.54) is 23.6 Å². The third-order valence-electron chi connectivity index (χ3n) is 7.61. The van der Waals surface area contributed by atoms with Crippen LogP contribution in [-0.4, -0.2) is 103 Å². The quantitative estimate of drug-likeness (QED) is 0.265. The molecule has 0 aromatic heterocycles. The Morgan fingerprint density at radius 3 is 2.26 bits per heavy atom. The van der Waals surface area contributed by atoms with Crippen LogP contribution < -0.4 is 5.48 Å². The van der Waals surface area contributed by atoms with Crippen molar-refractivity contribution >= 4 is 34.2 Å². The van der Waals surface area contributed by atoms with Crippen LogP contribution in [0.25, 0.3) is 0 Å². The maximum absolute atomic E-state index is 13.3. The van der Waals surface area contributed by atoms with Crippen molar-refractivity contribution in [2.45, 2.75) is 75.0 Å². The predicted octanol–water partition coefficient (Wildman–Crippen LogP) is 1.37. The second kappa shape index (κ2) is 13.4. The summed E-state index contributed by atoms with van der Waals surface area (Å²) in [6.07, 6.45) is 8.27. The molecule has 10 nitrogen and oxygen atoms in total. The standard InChI is InChI=1S/C22H40N4O6S.ClH/c1-24(19-7-3-2-4-8-19)20(27)9-5-6-12-25-13-15-26(16-14-25)33(30,31)22(21(28)23-29)10-17-32-18-11-22;/h19,29H,2-18H2,1H3,(H,23,28);1H.